The Balaban J connectivity index is 1.32. The SMILES string of the molecule is CCn1c(CN2CCN(Cc3ccco3)CC2)nnc1C1CC(N)C1. The van der Waals surface area contributed by atoms with Crippen LogP contribution >= 0.6 is 0 Å². The highest BCUT2D eigenvalue weighted by molar-refractivity contribution is 5.08. The zero-order valence-corrected chi connectivity index (χ0v) is 15.0. The Morgan fingerprint density at radius 1 is 1.12 bits per heavy atom. The van der Waals surface area contributed by atoms with E-state index in [0.717, 1.165) is 76.1 Å². The molecule has 7 heteroatoms. The van der Waals surface area contributed by atoms with Crippen molar-refractivity contribution in [2.75, 3.05) is 26.2 Å². The number of nitrogens with zero attached hydrogens (tertiary/aromatic N) is 5. The quantitative estimate of drug-likeness (QED) is 0.854. The van der Waals surface area contributed by atoms with Crippen molar-refractivity contribution in [3.8, 4) is 0 Å². The van der Waals surface area contributed by atoms with E-state index >= 15 is 0 Å². The highest BCUT2D eigenvalue weighted by atomic mass is 16.3. The third kappa shape index (κ3) is 3.63. The lowest BCUT2D eigenvalue weighted by atomic mass is 9.80. The molecular weight excluding hydrogens is 316 g/mol. The average Bonchev–Trinajstić information content (AvgIpc) is 3.23. The Labute approximate surface area is 148 Å². The zero-order valence-electron chi connectivity index (χ0n) is 15.0. The third-order valence-electron chi connectivity index (χ3n) is 5.50. The molecule has 0 atom stereocenters. The van der Waals surface area contributed by atoms with Gasteiger partial charge in [-0.3, -0.25) is 9.80 Å². The molecule has 7 nitrogen and oxygen atoms in total. The van der Waals surface area contributed by atoms with Gasteiger partial charge < -0.3 is 14.7 Å². The van der Waals surface area contributed by atoms with Gasteiger partial charge >= 0.3 is 0 Å². The second-order valence-electron chi connectivity index (χ2n) is 7.28. The molecule has 1 saturated heterocycles. The predicted molar refractivity (Wildman–Crippen MR) is 94.9 cm³/mol. The van der Waals surface area contributed by atoms with Crippen molar-refractivity contribution in [2.24, 2.45) is 5.73 Å². The Morgan fingerprint density at radius 2 is 1.84 bits per heavy atom. The van der Waals surface area contributed by atoms with Crippen molar-refractivity contribution in [1.82, 2.24) is 24.6 Å². The summed E-state index contributed by atoms with van der Waals surface area (Å²) in [6, 6.07) is 4.34. The summed E-state index contributed by atoms with van der Waals surface area (Å²) < 4.78 is 7.75. The molecule has 0 radical (unpaired) electrons. The Hall–Kier alpha value is -1.70. The highest BCUT2D eigenvalue weighted by Gasteiger charge is 2.32. The van der Waals surface area contributed by atoms with Gasteiger partial charge in [0, 0.05) is 44.7 Å². The number of hydrogen-bond acceptors (Lipinski definition) is 6. The Kier molecular flexibility index (Phi) is 4.87. The molecule has 1 aliphatic heterocycles. The standard InChI is InChI=1S/C18H28N6O/c1-2-24-17(20-21-18(24)14-10-15(19)11-14)13-23-7-5-22(6-8-23)12-16-4-3-9-25-16/h3-4,9,14-15H,2,5-8,10-13,19H2,1H3. The van der Waals surface area contributed by atoms with Crippen LogP contribution in [0.25, 0.3) is 0 Å². The molecular formula is C18H28N6O. The van der Waals surface area contributed by atoms with Crippen molar-refractivity contribution >= 4 is 0 Å². The van der Waals surface area contributed by atoms with Crippen LogP contribution in [-0.4, -0.2) is 56.8 Å². The number of nitrogens with two attached hydrogens (primary N) is 1. The van der Waals surface area contributed by atoms with Crippen molar-refractivity contribution < 1.29 is 4.42 Å². The number of furan rings is 1. The van der Waals surface area contributed by atoms with Crippen molar-refractivity contribution in [1.29, 1.82) is 0 Å². The first-order valence-corrected chi connectivity index (χ1v) is 9.37. The van der Waals surface area contributed by atoms with Crippen LogP contribution in [0.3, 0.4) is 0 Å². The van der Waals surface area contributed by atoms with E-state index in [0.29, 0.717) is 12.0 Å². The van der Waals surface area contributed by atoms with Gasteiger partial charge in [-0.1, -0.05) is 0 Å². The fourth-order valence-electron chi connectivity index (χ4n) is 3.91. The van der Waals surface area contributed by atoms with E-state index in [1.165, 1.54) is 0 Å². The summed E-state index contributed by atoms with van der Waals surface area (Å²) in [4.78, 5) is 4.92. The molecule has 2 aliphatic rings. The van der Waals surface area contributed by atoms with Crippen LogP contribution in [0.1, 0.15) is 43.1 Å². The van der Waals surface area contributed by atoms with Gasteiger partial charge in [0.05, 0.1) is 19.4 Å². The second-order valence-corrected chi connectivity index (χ2v) is 7.28. The van der Waals surface area contributed by atoms with E-state index in [-0.39, 0.29) is 0 Å². The van der Waals surface area contributed by atoms with Crippen LogP contribution in [0, 0.1) is 0 Å². The van der Waals surface area contributed by atoms with E-state index in [4.69, 9.17) is 10.2 Å². The molecule has 136 valence electrons. The van der Waals surface area contributed by atoms with Gasteiger partial charge in [-0.05, 0) is 31.9 Å². The smallest absolute Gasteiger partial charge is 0.147 e. The molecule has 2 aromatic rings. The molecule has 3 heterocycles. The molecule has 0 aromatic carbocycles. The van der Waals surface area contributed by atoms with Crippen LogP contribution in [-0.2, 0) is 19.6 Å². The lowest BCUT2D eigenvalue weighted by molar-refractivity contribution is 0.113. The molecule has 2 N–H and O–H groups in total. The number of aromatic nitrogens is 3. The zero-order chi connectivity index (χ0) is 17.2. The lowest BCUT2D eigenvalue weighted by Gasteiger charge is -2.34. The van der Waals surface area contributed by atoms with E-state index < -0.39 is 0 Å². The summed E-state index contributed by atoms with van der Waals surface area (Å²) in [5, 5.41) is 8.97. The fraction of sp³-hybridized carbons (Fsp3) is 0.667. The monoisotopic (exact) mass is 344 g/mol. The summed E-state index contributed by atoms with van der Waals surface area (Å²) in [6.45, 7) is 9.13. The molecule has 2 aromatic heterocycles. The van der Waals surface area contributed by atoms with E-state index in [1.54, 1.807) is 6.26 Å². The fourth-order valence-corrected chi connectivity index (χ4v) is 3.91. The van der Waals surface area contributed by atoms with E-state index in [9.17, 15) is 0 Å². The van der Waals surface area contributed by atoms with Crippen LogP contribution in [0.15, 0.2) is 22.8 Å². The largest absolute Gasteiger partial charge is 0.468 e. The van der Waals surface area contributed by atoms with Gasteiger partial charge in [0.15, 0.2) is 0 Å². The third-order valence-corrected chi connectivity index (χ3v) is 5.50. The van der Waals surface area contributed by atoms with Gasteiger partial charge in [-0.2, -0.15) is 0 Å². The summed E-state index contributed by atoms with van der Waals surface area (Å²) in [6.07, 6.45) is 3.84. The minimum absolute atomic E-state index is 0.345. The first-order chi connectivity index (χ1) is 12.2. The summed E-state index contributed by atoms with van der Waals surface area (Å²) in [5.41, 5.74) is 5.94. The number of rotatable bonds is 6. The first kappa shape index (κ1) is 16.8. The van der Waals surface area contributed by atoms with Gasteiger partial charge in [0.2, 0.25) is 0 Å². The van der Waals surface area contributed by atoms with Gasteiger partial charge in [-0.15, -0.1) is 10.2 Å². The topological polar surface area (TPSA) is 76.3 Å². The minimum Gasteiger partial charge on any atom is -0.468 e. The molecule has 1 saturated carbocycles. The molecule has 2 fully saturated rings. The van der Waals surface area contributed by atoms with Crippen LogP contribution in [0.4, 0.5) is 0 Å². The van der Waals surface area contributed by atoms with E-state index in [2.05, 4.69) is 31.5 Å². The van der Waals surface area contributed by atoms with Gasteiger partial charge in [0.1, 0.15) is 17.4 Å². The molecule has 25 heavy (non-hydrogen) atoms. The van der Waals surface area contributed by atoms with Crippen molar-refractivity contribution in [2.45, 2.75) is 51.4 Å². The molecule has 0 amide bonds. The van der Waals surface area contributed by atoms with Gasteiger partial charge in [0.25, 0.3) is 0 Å². The maximum Gasteiger partial charge on any atom is 0.147 e. The second kappa shape index (κ2) is 7.27. The molecule has 0 bridgehead atoms. The van der Waals surface area contributed by atoms with E-state index in [1.807, 2.05) is 12.1 Å². The average molecular weight is 344 g/mol. The first-order valence-electron chi connectivity index (χ1n) is 9.37. The molecule has 0 unspecified atom stereocenters. The summed E-state index contributed by atoms with van der Waals surface area (Å²) >= 11 is 0. The number of piperazine rings is 1. The molecule has 0 spiro atoms. The molecule has 1 aliphatic carbocycles. The number of hydrogen-bond donors (Lipinski definition) is 1. The lowest BCUT2D eigenvalue weighted by Crippen LogP contribution is -2.45. The Bertz CT molecular complexity index is 668. The Morgan fingerprint density at radius 3 is 2.44 bits per heavy atom. The summed E-state index contributed by atoms with van der Waals surface area (Å²) in [5.74, 6) is 3.77. The van der Waals surface area contributed by atoms with Crippen molar-refractivity contribution in [3.05, 3.63) is 35.8 Å². The van der Waals surface area contributed by atoms with Crippen LogP contribution in [0.2, 0.25) is 0 Å². The molecule has 4 rings (SSSR count). The van der Waals surface area contributed by atoms with Crippen molar-refractivity contribution in [3.63, 3.8) is 0 Å². The maximum absolute atomic E-state index is 5.94. The summed E-state index contributed by atoms with van der Waals surface area (Å²) in [7, 11) is 0. The predicted octanol–water partition coefficient (Wildman–Crippen LogP) is 1.41. The van der Waals surface area contributed by atoms with Crippen LogP contribution < -0.4 is 5.73 Å². The van der Waals surface area contributed by atoms with Crippen LogP contribution in [0.5, 0.6) is 0 Å². The van der Waals surface area contributed by atoms with Gasteiger partial charge in [-0.25, -0.2) is 0 Å². The normalized spacial score (nSPS) is 25.2. The minimum atomic E-state index is 0.345. The highest BCUT2D eigenvalue weighted by Crippen LogP contribution is 2.34. The maximum atomic E-state index is 5.94.